The van der Waals surface area contributed by atoms with Crippen LogP contribution >= 0.6 is 0 Å². The Morgan fingerprint density at radius 3 is 2.58 bits per heavy atom. The summed E-state index contributed by atoms with van der Waals surface area (Å²) in [7, 11) is -4.42. The molecule has 0 bridgehead atoms. The van der Waals surface area contributed by atoms with E-state index in [1.807, 2.05) is 6.92 Å². The number of hydrogen-bond acceptors (Lipinski definition) is 4. The van der Waals surface area contributed by atoms with E-state index in [0.717, 1.165) is 0 Å². The van der Waals surface area contributed by atoms with Crippen LogP contribution in [0.3, 0.4) is 0 Å². The van der Waals surface area contributed by atoms with Gasteiger partial charge >= 0.3 is 0 Å². The summed E-state index contributed by atoms with van der Waals surface area (Å²) < 4.78 is 37.7. The van der Waals surface area contributed by atoms with Gasteiger partial charge in [-0.15, -0.1) is 0 Å². The molecule has 0 fully saturated rings. The van der Waals surface area contributed by atoms with Gasteiger partial charge in [0.15, 0.2) is 0 Å². The molecule has 0 aromatic heterocycles. The van der Waals surface area contributed by atoms with Gasteiger partial charge in [0, 0.05) is 35.9 Å². The topological polar surface area (TPSA) is 75.3 Å². The van der Waals surface area contributed by atoms with Gasteiger partial charge < -0.3 is 5.32 Å². The van der Waals surface area contributed by atoms with E-state index in [2.05, 4.69) is 10.0 Å². The van der Waals surface area contributed by atoms with Crippen molar-refractivity contribution in [3.8, 4) is 0 Å². The quantitative estimate of drug-likeness (QED) is 0.707. The third-order valence-corrected chi connectivity index (χ3v) is 4.83. The molecule has 0 spiro atoms. The molecular weight excluding hydrogens is 284 g/mol. The molecule has 0 saturated heterocycles. The molecule has 0 saturated carbocycles. The first-order valence-corrected chi connectivity index (χ1v) is 9.31. The molecular formula is C12H20N2O3S2. The van der Waals surface area contributed by atoms with Gasteiger partial charge in [-0.1, -0.05) is 12.1 Å². The second kappa shape index (κ2) is 7.62. The molecule has 5 nitrogen and oxygen atoms in total. The maximum absolute atomic E-state index is 12.1. The maximum atomic E-state index is 12.1. The Bertz CT molecular complexity index is 530. The van der Waals surface area contributed by atoms with Gasteiger partial charge in [-0.3, -0.25) is 4.21 Å². The van der Waals surface area contributed by atoms with Gasteiger partial charge in [-0.25, -0.2) is 13.1 Å². The van der Waals surface area contributed by atoms with Crippen LogP contribution in [-0.2, 0) is 20.8 Å². The second-order valence-corrected chi connectivity index (χ2v) is 7.35. The SMILES string of the molecule is CCNc1ccccc1S(=O)(=O)NCCCS(C)=O. The van der Waals surface area contributed by atoms with Crippen LogP contribution in [0.1, 0.15) is 13.3 Å². The van der Waals surface area contributed by atoms with Crippen molar-refractivity contribution in [1.82, 2.24) is 4.72 Å². The first-order chi connectivity index (χ1) is 8.97. The smallest absolute Gasteiger partial charge is 0.242 e. The fourth-order valence-electron chi connectivity index (χ4n) is 1.60. The van der Waals surface area contributed by atoms with E-state index in [-0.39, 0.29) is 4.90 Å². The lowest BCUT2D eigenvalue weighted by Gasteiger charge is -2.11. The highest BCUT2D eigenvalue weighted by Gasteiger charge is 2.17. The lowest BCUT2D eigenvalue weighted by atomic mass is 10.3. The van der Waals surface area contributed by atoms with Crippen LogP contribution in [0.4, 0.5) is 5.69 Å². The van der Waals surface area contributed by atoms with E-state index in [1.165, 1.54) is 0 Å². The summed E-state index contributed by atoms with van der Waals surface area (Å²) in [6.07, 6.45) is 2.17. The summed E-state index contributed by atoms with van der Waals surface area (Å²) in [6.45, 7) is 2.86. The van der Waals surface area contributed by atoms with Gasteiger partial charge in [-0.2, -0.15) is 0 Å². The number of sulfonamides is 1. The third-order valence-electron chi connectivity index (χ3n) is 2.44. The molecule has 108 valence electrons. The van der Waals surface area contributed by atoms with Crippen LogP contribution in [0.2, 0.25) is 0 Å². The van der Waals surface area contributed by atoms with Gasteiger partial charge in [0.05, 0.1) is 5.69 Å². The van der Waals surface area contributed by atoms with E-state index in [0.29, 0.717) is 31.0 Å². The minimum absolute atomic E-state index is 0.245. The highest BCUT2D eigenvalue weighted by atomic mass is 32.2. The molecule has 2 N–H and O–H groups in total. The number of benzene rings is 1. The molecule has 1 rings (SSSR count). The van der Waals surface area contributed by atoms with Crippen molar-refractivity contribution in [3.05, 3.63) is 24.3 Å². The normalized spacial score (nSPS) is 13.2. The molecule has 0 aliphatic heterocycles. The minimum atomic E-state index is -3.52. The average Bonchev–Trinajstić information content (AvgIpc) is 2.35. The standard InChI is InChI=1S/C12H20N2O3S2/c1-3-13-11-7-4-5-8-12(11)19(16,17)14-9-6-10-18(2)15/h4-5,7-8,13-14H,3,6,9-10H2,1-2H3. The average molecular weight is 304 g/mol. The van der Waals surface area contributed by atoms with Gasteiger partial charge in [-0.05, 0) is 25.5 Å². The van der Waals surface area contributed by atoms with Crippen LogP contribution in [0.5, 0.6) is 0 Å². The van der Waals surface area contributed by atoms with E-state index < -0.39 is 20.8 Å². The summed E-state index contributed by atoms with van der Waals surface area (Å²) in [5.74, 6) is 0.497. The van der Waals surface area contributed by atoms with Crippen molar-refractivity contribution in [3.63, 3.8) is 0 Å². The fourth-order valence-corrected chi connectivity index (χ4v) is 3.40. The molecule has 1 aromatic rings. The van der Waals surface area contributed by atoms with Crippen LogP contribution in [0, 0.1) is 0 Å². The number of anilines is 1. The van der Waals surface area contributed by atoms with Crippen molar-refractivity contribution >= 4 is 26.5 Å². The summed E-state index contributed by atoms with van der Waals surface area (Å²) in [6, 6.07) is 6.78. The maximum Gasteiger partial charge on any atom is 0.242 e. The third kappa shape index (κ3) is 5.30. The number of nitrogens with one attached hydrogen (secondary N) is 2. The van der Waals surface area contributed by atoms with E-state index in [4.69, 9.17) is 0 Å². The monoisotopic (exact) mass is 304 g/mol. The molecule has 0 heterocycles. The Kier molecular flexibility index (Phi) is 6.47. The van der Waals surface area contributed by atoms with Crippen LogP contribution in [-0.4, -0.2) is 37.7 Å². The molecule has 7 heteroatoms. The second-order valence-electron chi connectivity index (χ2n) is 4.06. The minimum Gasteiger partial charge on any atom is -0.384 e. The van der Waals surface area contributed by atoms with Crippen LogP contribution < -0.4 is 10.0 Å². The molecule has 1 aromatic carbocycles. The van der Waals surface area contributed by atoms with Crippen molar-refractivity contribution in [1.29, 1.82) is 0 Å². The Hall–Kier alpha value is -0.920. The lowest BCUT2D eigenvalue weighted by molar-refractivity contribution is 0.581. The summed E-state index contributed by atoms with van der Waals surface area (Å²) >= 11 is 0. The van der Waals surface area contributed by atoms with E-state index >= 15 is 0 Å². The van der Waals surface area contributed by atoms with Gasteiger partial charge in [0.25, 0.3) is 0 Å². The van der Waals surface area contributed by atoms with Gasteiger partial charge in [0.1, 0.15) is 4.90 Å². The number of rotatable bonds is 8. The Morgan fingerprint density at radius 1 is 1.26 bits per heavy atom. The molecule has 19 heavy (non-hydrogen) atoms. The fraction of sp³-hybridized carbons (Fsp3) is 0.500. The van der Waals surface area contributed by atoms with Crippen LogP contribution in [0.25, 0.3) is 0 Å². The molecule has 0 aliphatic carbocycles. The van der Waals surface area contributed by atoms with E-state index in [9.17, 15) is 12.6 Å². The Morgan fingerprint density at radius 2 is 1.95 bits per heavy atom. The summed E-state index contributed by atoms with van der Waals surface area (Å²) in [4.78, 5) is 0.245. The number of para-hydroxylation sites is 1. The lowest BCUT2D eigenvalue weighted by Crippen LogP contribution is -2.26. The molecule has 0 aliphatic rings. The zero-order chi connectivity index (χ0) is 14.3. The first kappa shape index (κ1) is 16.1. The summed E-state index contributed by atoms with van der Waals surface area (Å²) in [5.41, 5.74) is 0.594. The predicted molar refractivity (Wildman–Crippen MR) is 79.3 cm³/mol. The highest BCUT2D eigenvalue weighted by molar-refractivity contribution is 7.89. The highest BCUT2D eigenvalue weighted by Crippen LogP contribution is 2.20. The molecule has 0 amide bonds. The summed E-state index contributed by atoms with van der Waals surface area (Å²) in [5, 5.41) is 3.02. The zero-order valence-electron chi connectivity index (χ0n) is 11.2. The molecule has 0 radical (unpaired) electrons. The molecule has 1 atom stereocenters. The van der Waals surface area contributed by atoms with Crippen molar-refractivity contribution in [2.75, 3.05) is 30.4 Å². The van der Waals surface area contributed by atoms with Crippen molar-refractivity contribution < 1.29 is 12.6 Å². The largest absolute Gasteiger partial charge is 0.384 e. The Balaban J connectivity index is 2.74. The predicted octanol–water partition coefficient (Wildman–Crippen LogP) is 1.17. The van der Waals surface area contributed by atoms with Gasteiger partial charge in [0.2, 0.25) is 10.0 Å². The number of hydrogen-bond donors (Lipinski definition) is 2. The van der Waals surface area contributed by atoms with Crippen molar-refractivity contribution in [2.45, 2.75) is 18.2 Å². The Labute approximate surface area is 117 Å². The van der Waals surface area contributed by atoms with Crippen molar-refractivity contribution in [2.24, 2.45) is 0 Å². The molecule has 1 unspecified atom stereocenters. The first-order valence-electron chi connectivity index (χ1n) is 6.10. The van der Waals surface area contributed by atoms with Crippen LogP contribution in [0.15, 0.2) is 29.2 Å². The van der Waals surface area contributed by atoms with E-state index in [1.54, 1.807) is 30.5 Å². The zero-order valence-corrected chi connectivity index (χ0v) is 12.8.